The van der Waals surface area contributed by atoms with E-state index in [9.17, 15) is 9.59 Å². The summed E-state index contributed by atoms with van der Waals surface area (Å²) in [5.41, 5.74) is -0.295. The summed E-state index contributed by atoms with van der Waals surface area (Å²) in [7, 11) is 0. The van der Waals surface area contributed by atoms with Crippen molar-refractivity contribution in [3.8, 4) is 0 Å². The Bertz CT molecular complexity index is 733. The van der Waals surface area contributed by atoms with Crippen molar-refractivity contribution in [2.45, 2.75) is 40.0 Å². The molecule has 0 saturated carbocycles. The minimum absolute atomic E-state index is 0.0155. The third kappa shape index (κ3) is 2.98. The number of nitrogens with zero attached hydrogens (tertiary/aromatic N) is 2. The number of nitrogens with one attached hydrogen (secondary N) is 1. The molecule has 2 spiro atoms. The minimum atomic E-state index is -0.279. The molecule has 0 aromatic carbocycles. The van der Waals surface area contributed by atoms with E-state index < -0.39 is 0 Å². The molecular weight excluding hydrogens is 342 g/mol. The summed E-state index contributed by atoms with van der Waals surface area (Å²) in [5, 5.41) is 3.10. The third-order valence-electron chi connectivity index (χ3n) is 6.89. The van der Waals surface area contributed by atoms with Crippen molar-refractivity contribution in [1.82, 2.24) is 15.1 Å². The van der Waals surface area contributed by atoms with Crippen molar-refractivity contribution in [2.24, 2.45) is 16.7 Å². The van der Waals surface area contributed by atoms with E-state index in [0.29, 0.717) is 24.8 Å². The number of fused-ring (bicyclic) bond motifs is 1. The summed E-state index contributed by atoms with van der Waals surface area (Å²) in [5.74, 6) is 1.97. The van der Waals surface area contributed by atoms with Gasteiger partial charge in [0.05, 0.1) is 5.41 Å². The number of aryl methyl sites for hydroxylation is 1. The maximum absolute atomic E-state index is 12.9. The number of rotatable bonds is 3. The first kappa shape index (κ1) is 18.5. The highest BCUT2D eigenvalue weighted by Gasteiger charge is 2.63. The Morgan fingerprint density at radius 2 is 1.96 bits per heavy atom. The van der Waals surface area contributed by atoms with Crippen LogP contribution in [0.3, 0.4) is 0 Å². The van der Waals surface area contributed by atoms with Crippen LogP contribution in [0.1, 0.15) is 49.4 Å². The van der Waals surface area contributed by atoms with Crippen molar-refractivity contribution in [1.29, 1.82) is 0 Å². The Morgan fingerprint density at radius 1 is 1.22 bits per heavy atom. The zero-order valence-electron chi connectivity index (χ0n) is 16.7. The van der Waals surface area contributed by atoms with Crippen LogP contribution in [0.4, 0.5) is 0 Å². The predicted molar refractivity (Wildman–Crippen MR) is 102 cm³/mol. The molecule has 1 aromatic heterocycles. The van der Waals surface area contributed by atoms with Crippen LogP contribution in [0.15, 0.2) is 16.5 Å². The summed E-state index contributed by atoms with van der Waals surface area (Å²) in [6.07, 6.45) is 2.70. The fraction of sp³-hybridized carbons (Fsp3) is 0.714. The van der Waals surface area contributed by atoms with Gasteiger partial charge in [-0.15, -0.1) is 0 Å². The van der Waals surface area contributed by atoms with E-state index in [1.807, 2.05) is 17.9 Å². The zero-order valence-corrected chi connectivity index (χ0v) is 16.7. The van der Waals surface area contributed by atoms with Gasteiger partial charge in [-0.05, 0) is 44.2 Å². The minimum Gasteiger partial charge on any atom is -0.456 e. The average Bonchev–Trinajstić information content (AvgIpc) is 3.28. The molecule has 3 fully saturated rings. The molecule has 6 nitrogen and oxygen atoms in total. The topological polar surface area (TPSA) is 65.8 Å². The fourth-order valence-corrected chi connectivity index (χ4v) is 5.64. The normalized spacial score (nSPS) is 27.9. The molecule has 0 bridgehead atoms. The van der Waals surface area contributed by atoms with Gasteiger partial charge < -0.3 is 19.5 Å². The van der Waals surface area contributed by atoms with Crippen LogP contribution >= 0.6 is 0 Å². The molecule has 1 aromatic rings. The van der Waals surface area contributed by atoms with Crippen LogP contribution in [-0.2, 0) is 4.79 Å². The lowest BCUT2D eigenvalue weighted by atomic mass is 9.60. The molecule has 2 amide bonds. The molecule has 3 aliphatic rings. The van der Waals surface area contributed by atoms with Gasteiger partial charge >= 0.3 is 0 Å². The number of carbonyl (C=O) groups excluding carboxylic acids is 2. The molecule has 148 valence electrons. The van der Waals surface area contributed by atoms with Crippen LogP contribution in [0, 0.1) is 23.7 Å². The Balaban J connectivity index is 1.52. The number of hydrogen-bond donors (Lipinski definition) is 1. The van der Waals surface area contributed by atoms with E-state index in [0.717, 1.165) is 51.2 Å². The molecule has 0 radical (unpaired) electrons. The molecule has 0 unspecified atom stereocenters. The van der Waals surface area contributed by atoms with Gasteiger partial charge in [0.1, 0.15) is 5.76 Å². The van der Waals surface area contributed by atoms with Gasteiger partial charge in [0.2, 0.25) is 5.91 Å². The highest BCUT2D eigenvalue weighted by atomic mass is 16.3. The zero-order chi connectivity index (χ0) is 19.2. The van der Waals surface area contributed by atoms with E-state index in [1.54, 1.807) is 6.07 Å². The van der Waals surface area contributed by atoms with Crippen molar-refractivity contribution >= 4 is 11.8 Å². The summed E-state index contributed by atoms with van der Waals surface area (Å²) in [6, 6.07) is 3.59. The lowest BCUT2D eigenvalue weighted by Crippen LogP contribution is -2.53. The number of piperidine rings is 1. The molecule has 3 aliphatic heterocycles. The van der Waals surface area contributed by atoms with Gasteiger partial charge in [-0.25, -0.2) is 0 Å². The number of amides is 2. The predicted octanol–water partition coefficient (Wildman–Crippen LogP) is 2.29. The lowest BCUT2D eigenvalue weighted by Gasteiger charge is -2.46. The first-order chi connectivity index (χ1) is 12.9. The third-order valence-corrected chi connectivity index (χ3v) is 6.89. The molecular formula is C21H31N3O3. The Labute approximate surface area is 161 Å². The first-order valence-corrected chi connectivity index (χ1v) is 10.2. The molecule has 0 aliphatic carbocycles. The van der Waals surface area contributed by atoms with Crippen LogP contribution in [0.5, 0.6) is 0 Å². The standard InChI is InChI=1S/C21H31N3O3/c1-15(2)12-23-13-20(21(14-23)6-9-22-19(21)26)7-10-24(11-8-20)18(25)17-5-4-16(3)27-17/h4-5,15H,6-14H2,1-3H3,(H,22,26)/t21-/m1/s1. The highest BCUT2D eigenvalue weighted by Crippen LogP contribution is 2.56. The second kappa shape index (κ2) is 6.66. The quantitative estimate of drug-likeness (QED) is 0.883. The molecule has 4 heterocycles. The number of furan rings is 1. The number of hydrogen-bond acceptors (Lipinski definition) is 4. The summed E-state index contributed by atoms with van der Waals surface area (Å²) in [4.78, 5) is 30.0. The largest absolute Gasteiger partial charge is 0.456 e. The van der Waals surface area contributed by atoms with Crippen LogP contribution < -0.4 is 5.32 Å². The van der Waals surface area contributed by atoms with Crippen molar-refractivity contribution in [3.05, 3.63) is 23.7 Å². The van der Waals surface area contributed by atoms with Gasteiger partial charge in [-0.3, -0.25) is 9.59 Å². The number of carbonyl (C=O) groups is 2. The van der Waals surface area contributed by atoms with Gasteiger partial charge in [0.15, 0.2) is 5.76 Å². The van der Waals surface area contributed by atoms with Crippen LogP contribution in [0.25, 0.3) is 0 Å². The van der Waals surface area contributed by atoms with Gasteiger partial charge in [-0.1, -0.05) is 13.8 Å². The van der Waals surface area contributed by atoms with E-state index in [2.05, 4.69) is 24.1 Å². The highest BCUT2D eigenvalue weighted by molar-refractivity contribution is 5.91. The molecule has 27 heavy (non-hydrogen) atoms. The van der Waals surface area contributed by atoms with E-state index in [1.165, 1.54) is 0 Å². The molecule has 1 atom stereocenters. The Kier molecular flexibility index (Phi) is 4.57. The van der Waals surface area contributed by atoms with Gasteiger partial charge in [0.25, 0.3) is 5.91 Å². The average molecular weight is 373 g/mol. The van der Waals surface area contributed by atoms with Gasteiger partial charge in [-0.2, -0.15) is 0 Å². The van der Waals surface area contributed by atoms with Crippen molar-refractivity contribution in [2.75, 3.05) is 39.3 Å². The Morgan fingerprint density at radius 3 is 2.52 bits per heavy atom. The van der Waals surface area contributed by atoms with Crippen LogP contribution in [-0.4, -0.2) is 60.9 Å². The molecule has 1 N–H and O–H groups in total. The smallest absolute Gasteiger partial charge is 0.289 e. The van der Waals surface area contributed by atoms with Gasteiger partial charge in [0, 0.05) is 44.7 Å². The maximum atomic E-state index is 12.9. The van der Waals surface area contributed by atoms with Crippen LogP contribution in [0.2, 0.25) is 0 Å². The Hall–Kier alpha value is -1.82. The van der Waals surface area contributed by atoms with E-state index in [4.69, 9.17) is 4.42 Å². The second-order valence-corrected chi connectivity index (χ2v) is 9.13. The summed E-state index contributed by atoms with van der Waals surface area (Å²) >= 11 is 0. The summed E-state index contributed by atoms with van der Waals surface area (Å²) in [6.45, 7) is 11.4. The number of likely N-dealkylation sites (tertiary alicyclic amines) is 2. The van der Waals surface area contributed by atoms with Crippen molar-refractivity contribution in [3.63, 3.8) is 0 Å². The SMILES string of the molecule is Cc1ccc(C(=O)N2CCC3(CC2)CN(CC(C)C)C[C@@]32CCNC2=O)o1. The molecule has 4 rings (SSSR count). The maximum Gasteiger partial charge on any atom is 0.289 e. The lowest BCUT2D eigenvalue weighted by molar-refractivity contribution is -0.133. The molecule has 6 heteroatoms. The van der Waals surface area contributed by atoms with E-state index in [-0.39, 0.29) is 22.6 Å². The fourth-order valence-electron chi connectivity index (χ4n) is 5.64. The first-order valence-electron chi connectivity index (χ1n) is 10.2. The monoisotopic (exact) mass is 373 g/mol. The summed E-state index contributed by atoms with van der Waals surface area (Å²) < 4.78 is 5.52. The van der Waals surface area contributed by atoms with Crippen molar-refractivity contribution < 1.29 is 14.0 Å². The van der Waals surface area contributed by atoms with E-state index >= 15 is 0 Å². The molecule has 3 saturated heterocycles. The second-order valence-electron chi connectivity index (χ2n) is 9.13.